The maximum absolute atomic E-state index is 13.0. The number of fused-ring (bicyclic) bond motifs is 1. The van der Waals surface area contributed by atoms with Crippen LogP contribution in [0, 0.1) is 5.82 Å². The molecule has 0 unspecified atom stereocenters. The summed E-state index contributed by atoms with van der Waals surface area (Å²) in [7, 11) is -3.83. The summed E-state index contributed by atoms with van der Waals surface area (Å²) in [6, 6.07) is 24.6. The first-order valence-electron chi connectivity index (χ1n) is 9.56. The van der Waals surface area contributed by atoms with E-state index in [1.807, 2.05) is 42.5 Å². The van der Waals surface area contributed by atoms with Crippen molar-refractivity contribution in [3.05, 3.63) is 102 Å². The molecule has 5 nitrogen and oxygen atoms in total. The first-order chi connectivity index (χ1) is 14.9. The molecule has 0 fully saturated rings. The summed E-state index contributed by atoms with van der Waals surface area (Å²) in [5.74, 6) is -0.650. The molecule has 1 amide bonds. The molecule has 0 saturated heterocycles. The summed E-state index contributed by atoms with van der Waals surface area (Å²) in [5.41, 5.74) is 1.66. The predicted octanol–water partition coefficient (Wildman–Crippen LogP) is 4.96. The average molecular weight is 434 g/mol. The standard InChI is InChI=1S/C24H19FN2O3S/c25-19-8-10-21(11-9-19)27-31(29,30)22-14-12-20(13-15-22)26-24(28)16-18-6-3-5-17-4-1-2-7-23(17)18/h1-15,27H,16H2,(H,26,28). The fraction of sp³-hybridized carbons (Fsp3) is 0.0417. The van der Waals surface area contributed by atoms with E-state index in [1.165, 1.54) is 48.5 Å². The number of halogens is 1. The van der Waals surface area contributed by atoms with Gasteiger partial charge in [0.25, 0.3) is 10.0 Å². The minimum atomic E-state index is -3.83. The Hall–Kier alpha value is -3.71. The average Bonchev–Trinajstić information content (AvgIpc) is 2.76. The van der Waals surface area contributed by atoms with Crippen LogP contribution in [0.2, 0.25) is 0 Å². The van der Waals surface area contributed by atoms with E-state index >= 15 is 0 Å². The van der Waals surface area contributed by atoms with E-state index in [1.54, 1.807) is 0 Å². The van der Waals surface area contributed by atoms with Gasteiger partial charge in [-0.2, -0.15) is 0 Å². The zero-order valence-corrected chi connectivity index (χ0v) is 17.2. The number of nitrogens with one attached hydrogen (secondary N) is 2. The molecule has 0 saturated carbocycles. The fourth-order valence-corrected chi connectivity index (χ4v) is 4.33. The maximum Gasteiger partial charge on any atom is 0.261 e. The van der Waals surface area contributed by atoms with Crippen molar-refractivity contribution in [1.82, 2.24) is 0 Å². The topological polar surface area (TPSA) is 75.3 Å². The quantitative estimate of drug-likeness (QED) is 0.450. The summed E-state index contributed by atoms with van der Waals surface area (Å²) in [6.07, 6.45) is 0.202. The van der Waals surface area contributed by atoms with E-state index in [-0.39, 0.29) is 22.9 Å². The Balaban J connectivity index is 1.44. The first kappa shape index (κ1) is 20.6. The number of rotatable bonds is 6. The van der Waals surface area contributed by atoms with Crippen LogP contribution < -0.4 is 10.0 Å². The monoisotopic (exact) mass is 434 g/mol. The summed E-state index contributed by atoms with van der Waals surface area (Å²) >= 11 is 0. The predicted molar refractivity (Wildman–Crippen MR) is 120 cm³/mol. The number of carbonyl (C=O) groups excluding carboxylic acids is 1. The van der Waals surface area contributed by atoms with Gasteiger partial charge in [-0.1, -0.05) is 42.5 Å². The van der Waals surface area contributed by atoms with Crippen LogP contribution in [0.1, 0.15) is 5.56 Å². The van der Waals surface area contributed by atoms with Gasteiger partial charge in [0.1, 0.15) is 5.82 Å². The Labute approximate surface area is 179 Å². The molecule has 0 aliphatic heterocycles. The van der Waals surface area contributed by atoms with Crippen molar-refractivity contribution in [3.63, 3.8) is 0 Å². The van der Waals surface area contributed by atoms with Crippen molar-refractivity contribution in [2.24, 2.45) is 0 Å². The summed E-state index contributed by atoms with van der Waals surface area (Å²) in [6.45, 7) is 0. The lowest BCUT2D eigenvalue weighted by atomic mass is 10.0. The van der Waals surface area contributed by atoms with Crippen LogP contribution in [-0.2, 0) is 21.2 Å². The van der Waals surface area contributed by atoms with E-state index < -0.39 is 15.8 Å². The highest BCUT2D eigenvalue weighted by atomic mass is 32.2. The molecule has 4 aromatic rings. The lowest BCUT2D eigenvalue weighted by molar-refractivity contribution is -0.115. The number of hydrogen-bond donors (Lipinski definition) is 2. The van der Waals surface area contributed by atoms with Gasteiger partial charge in [-0.15, -0.1) is 0 Å². The third kappa shape index (κ3) is 4.90. The van der Waals surface area contributed by atoms with Gasteiger partial charge in [-0.3, -0.25) is 9.52 Å². The maximum atomic E-state index is 13.0. The molecule has 0 heterocycles. The van der Waals surface area contributed by atoms with E-state index in [0.29, 0.717) is 5.69 Å². The van der Waals surface area contributed by atoms with Gasteiger partial charge in [0.05, 0.1) is 11.3 Å². The smallest absolute Gasteiger partial charge is 0.261 e. The molecule has 0 aliphatic rings. The van der Waals surface area contributed by atoms with E-state index in [0.717, 1.165) is 16.3 Å². The Bertz CT molecular complexity index is 1330. The molecular weight excluding hydrogens is 415 g/mol. The van der Waals surface area contributed by atoms with Crippen LogP contribution >= 0.6 is 0 Å². The molecule has 0 bridgehead atoms. The van der Waals surface area contributed by atoms with Crippen LogP contribution in [0.15, 0.2) is 95.9 Å². The van der Waals surface area contributed by atoms with Crippen molar-refractivity contribution in [1.29, 1.82) is 0 Å². The number of carbonyl (C=O) groups is 1. The number of amides is 1. The molecule has 0 aliphatic carbocycles. The molecule has 4 rings (SSSR count). The highest BCUT2D eigenvalue weighted by Gasteiger charge is 2.15. The van der Waals surface area contributed by atoms with Crippen LogP contribution in [0.3, 0.4) is 0 Å². The molecule has 156 valence electrons. The Morgan fingerprint density at radius 1 is 0.774 bits per heavy atom. The highest BCUT2D eigenvalue weighted by Crippen LogP contribution is 2.21. The first-order valence-corrected chi connectivity index (χ1v) is 11.0. The van der Waals surface area contributed by atoms with Crippen LogP contribution in [0.25, 0.3) is 10.8 Å². The van der Waals surface area contributed by atoms with Crippen molar-refractivity contribution in [3.8, 4) is 0 Å². The normalized spacial score (nSPS) is 11.3. The van der Waals surface area contributed by atoms with Crippen LogP contribution in [0.4, 0.5) is 15.8 Å². The molecule has 0 atom stereocenters. The van der Waals surface area contributed by atoms with Crippen molar-refractivity contribution < 1.29 is 17.6 Å². The van der Waals surface area contributed by atoms with E-state index in [4.69, 9.17) is 0 Å². The summed E-state index contributed by atoms with van der Waals surface area (Å²) in [5, 5.41) is 4.88. The summed E-state index contributed by atoms with van der Waals surface area (Å²) in [4.78, 5) is 12.5. The van der Waals surface area contributed by atoms with Crippen LogP contribution in [0.5, 0.6) is 0 Å². The zero-order chi connectivity index (χ0) is 21.8. The second-order valence-corrected chi connectivity index (χ2v) is 8.68. The highest BCUT2D eigenvalue weighted by molar-refractivity contribution is 7.92. The lowest BCUT2D eigenvalue weighted by Crippen LogP contribution is -2.15. The molecule has 0 aromatic heterocycles. The van der Waals surface area contributed by atoms with Gasteiger partial charge >= 0.3 is 0 Å². The van der Waals surface area contributed by atoms with Crippen LogP contribution in [-0.4, -0.2) is 14.3 Å². The van der Waals surface area contributed by atoms with Gasteiger partial charge in [0.2, 0.25) is 5.91 Å². The number of hydrogen-bond acceptors (Lipinski definition) is 3. The largest absolute Gasteiger partial charge is 0.326 e. The Morgan fingerprint density at radius 2 is 1.42 bits per heavy atom. The zero-order valence-electron chi connectivity index (χ0n) is 16.4. The van der Waals surface area contributed by atoms with E-state index in [2.05, 4.69) is 10.0 Å². The molecule has 2 N–H and O–H groups in total. The van der Waals surface area contributed by atoms with E-state index in [9.17, 15) is 17.6 Å². The summed E-state index contributed by atoms with van der Waals surface area (Å²) < 4.78 is 40.4. The number of sulfonamides is 1. The van der Waals surface area contributed by atoms with Gasteiger partial charge in [-0.25, -0.2) is 12.8 Å². The second kappa shape index (κ2) is 8.57. The molecule has 0 spiro atoms. The van der Waals surface area contributed by atoms with Gasteiger partial charge in [-0.05, 0) is 64.9 Å². The third-order valence-electron chi connectivity index (χ3n) is 4.78. The SMILES string of the molecule is O=C(Cc1cccc2ccccc12)Nc1ccc(S(=O)(=O)Nc2ccc(F)cc2)cc1. The minimum absolute atomic E-state index is 0.0314. The molecule has 7 heteroatoms. The number of benzene rings is 4. The fourth-order valence-electron chi connectivity index (χ4n) is 3.27. The second-order valence-electron chi connectivity index (χ2n) is 7.00. The van der Waals surface area contributed by atoms with Crippen molar-refractivity contribution in [2.45, 2.75) is 11.3 Å². The Kier molecular flexibility index (Phi) is 5.68. The van der Waals surface area contributed by atoms with Crippen molar-refractivity contribution in [2.75, 3.05) is 10.0 Å². The lowest BCUT2D eigenvalue weighted by Gasteiger charge is -2.10. The molecule has 4 aromatic carbocycles. The van der Waals surface area contributed by atoms with Gasteiger partial charge < -0.3 is 5.32 Å². The molecule has 31 heavy (non-hydrogen) atoms. The molecule has 0 radical (unpaired) electrons. The molecular formula is C24H19FN2O3S. The van der Waals surface area contributed by atoms with Gasteiger partial charge in [0, 0.05) is 11.4 Å². The Morgan fingerprint density at radius 3 is 2.16 bits per heavy atom. The van der Waals surface area contributed by atoms with Gasteiger partial charge in [0.15, 0.2) is 0 Å². The number of anilines is 2. The third-order valence-corrected chi connectivity index (χ3v) is 6.17. The van der Waals surface area contributed by atoms with Crippen molar-refractivity contribution >= 4 is 38.1 Å². The minimum Gasteiger partial charge on any atom is -0.326 e.